The van der Waals surface area contributed by atoms with E-state index in [1.165, 1.54) is 0 Å². The highest BCUT2D eigenvalue weighted by molar-refractivity contribution is 6.00. The summed E-state index contributed by atoms with van der Waals surface area (Å²) in [5.74, 6) is 0.537. The summed E-state index contributed by atoms with van der Waals surface area (Å²) < 4.78 is 5.77. The molecule has 2 aromatic rings. The molecule has 1 unspecified atom stereocenters. The van der Waals surface area contributed by atoms with Gasteiger partial charge in [-0.2, -0.15) is 0 Å². The minimum Gasteiger partial charge on any atom is -0.479 e. The second-order valence-electron chi connectivity index (χ2n) is 6.50. The molecule has 136 valence electrons. The van der Waals surface area contributed by atoms with E-state index in [4.69, 9.17) is 4.74 Å². The molecule has 1 N–H and O–H groups in total. The third-order valence-electron chi connectivity index (χ3n) is 4.39. The molecule has 0 fully saturated rings. The van der Waals surface area contributed by atoms with Gasteiger partial charge in [-0.05, 0) is 31.0 Å². The van der Waals surface area contributed by atoms with Crippen LogP contribution < -0.4 is 15.0 Å². The van der Waals surface area contributed by atoms with Crippen LogP contribution in [0.1, 0.15) is 38.7 Å². The Balaban J connectivity index is 1.82. The third-order valence-corrected chi connectivity index (χ3v) is 4.39. The van der Waals surface area contributed by atoms with Crippen molar-refractivity contribution in [1.82, 2.24) is 0 Å². The van der Waals surface area contributed by atoms with Crippen LogP contribution in [0.25, 0.3) is 0 Å². The second kappa shape index (κ2) is 8.04. The van der Waals surface area contributed by atoms with Crippen molar-refractivity contribution in [2.24, 2.45) is 0 Å². The van der Waals surface area contributed by atoms with Gasteiger partial charge in [0.25, 0.3) is 5.91 Å². The maximum Gasteiger partial charge on any atom is 0.268 e. The van der Waals surface area contributed by atoms with Crippen LogP contribution in [0.2, 0.25) is 0 Å². The van der Waals surface area contributed by atoms with Crippen LogP contribution in [-0.4, -0.2) is 17.9 Å². The molecule has 5 heteroatoms. The number of hydrogen-bond donors (Lipinski definition) is 1. The van der Waals surface area contributed by atoms with Crippen LogP contribution in [0.4, 0.5) is 11.4 Å². The van der Waals surface area contributed by atoms with E-state index < -0.39 is 6.10 Å². The number of nitrogens with one attached hydrogen (secondary N) is 1. The van der Waals surface area contributed by atoms with Crippen LogP contribution in [0.3, 0.4) is 0 Å². The minimum atomic E-state index is -0.558. The normalized spacial score (nSPS) is 16.0. The molecule has 2 aromatic carbocycles. The number of amides is 2. The minimum absolute atomic E-state index is 0.00660. The van der Waals surface area contributed by atoms with Gasteiger partial charge in [-0.3, -0.25) is 9.59 Å². The Kier molecular flexibility index (Phi) is 5.56. The fourth-order valence-corrected chi connectivity index (χ4v) is 2.98. The van der Waals surface area contributed by atoms with Crippen LogP contribution in [0, 0.1) is 0 Å². The number of benzene rings is 2. The molecule has 1 atom stereocenters. The fraction of sp³-hybridized carbons (Fsp3) is 0.333. The number of unbranched alkanes of at least 4 members (excludes halogenated alkanes) is 1. The summed E-state index contributed by atoms with van der Waals surface area (Å²) in [5.41, 5.74) is 2.47. The van der Waals surface area contributed by atoms with Crippen molar-refractivity contribution in [1.29, 1.82) is 0 Å². The summed E-state index contributed by atoms with van der Waals surface area (Å²) >= 11 is 0. The van der Waals surface area contributed by atoms with Crippen LogP contribution >= 0.6 is 0 Å². The molecule has 0 aliphatic carbocycles. The summed E-state index contributed by atoms with van der Waals surface area (Å²) in [6, 6.07) is 15.3. The molecular formula is C21H24N2O3. The predicted molar refractivity (Wildman–Crippen MR) is 102 cm³/mol. The van der Waals surface area contributed by atoms with E-state index in [9.17, 15) is 9.59 Å². The molecular weight excluding hydrogens is 328 g/mol. The first-order valence-electron chi connectivity index (χ1n) is 9.04. The lowest BCUT2D eigenvalue weighted by atomic mass is 10.1. The number of nitrogens with zero attached hydrogens (tertiary/aromatic N) is 1. The Morgan fingerprint density at radius 2 is 1.96 bits per heavy atom. The zero-order valence-electron chi connectivity index (χ0n) is 15.2. The first kappa shape index (κ1) is 18.0. The van der Waals surface area contributed by atoms with Crippen LogP contribution in [0.5, 0.6) is 5.75 Å². The van der Waals surface area contributed by atoms with E-state index in [1.54, 1.807) is 17.9 Å². The number of ether oxygens (including phenoxy) is 1. The number of carbonyl (C=O) groups excluding carboxylic acids is 2. The molecule has 0 spiro atoms. The highest BCUT2D eigenvalue weighted by Crippen LogP contribution is 2.37. The molecule has 26 heavy (non-hydrogen) atoms. The number of hydrogen-bond acceptors (Lipinski definition) is 3. The van der Waals surface area contributed by atoms with Crippen molar-refractivity contribution in [3.63, 3.8) is 0 Å². The number of rotatable bonds is 6. The molecule has 0 bridgehead atoms. The Morgan fingerprint density at radius 3 is 2.69 bits per heavy atom. The maximum absolute atomic E-state index is 12.6. The molecule has 3 rings (SSSR count). The quantitative estimate of drug-likeness (QED) is 0.850. The molecule has 0 saturated heterocycles. The molecule has 1 heterocycles. The molecule has 1 aliphatic rings. The first-order valence-corrected chi connectivity index (χ1v) is 9.04. The second-order valence-corrected chi connectivity index (χ2v) is 6.50. The van der Waals surface area contributed by atoms with Crippen molar-refractivity contribution >= 4 is 23.2 Å². The summed E-state index contributed by atoms with van der Waals surface area (Å²) in [5, 5.41) is 2.90. The first-order chi connectivity index (χ1) is 12.6. The summed E-state index contributed by atoms with van der Waals surface area (Å²) in [7, 11) is 0. The summed E-state index contributed by atoms with van der Waals surface area (Å²) in [6.45, 7) is 4.29. The lowest BCUT2D eigenvalue weighted by Gasteiger charge is -2.33. The van der Waals surface area contributed by atoms with Crippen molar-refractivity contribution in [2.45, 2.75) is 45.8 Å². The van der Waals surface area contributed by atoms with Gasteiger partial charge in [0.05, 0.1) is 12.2 Å². The van der Waals surface area contributed by atoms with Crippen molar-refractivity contribution in [3.8, 4) is 5.75 Å². The maximum atomic E-state index is 12.6. The molecule has 2 amide bonds. The smallest absolute Gasteiger partial charge is 0.268 e. The van der Waals surface area contributed by atoms with Gasteiger partial charge in [0.1, 0.15) is 5.75 Å². The molecule has 0 radical (unpaired) electrons. The number of anilines is 2. The average Bonchev–Trinajstić information content (AvgIpc) is 2.64. The number of carbonyl (C=O) groups is 2. The third kappa shape index (κ3) is 4.04. The van der Waals surface area contributed by atoms with Crippen molar-refractivity contribution in [2.75, 3.05) is 10.2 Å². The average molecular weight is 352 g/mol. The van der Waals surface area contributed by atoms with E-state index in [-0.39, 0.29) is 11.8 Å². The zero-order chi connectivity index (χ0) is 18.5. The number of fused-ring (bicyclic) bond motifs is 1. The Bertz CT molecular complexity index is 789. The monoisotopic (exact) mass is 352 g/mol. The van der Waals surface area contributed by atoms with Gasteiger partial charge in [-0.15, -0.1) is 0 Å². The van der Waals surface area contributed by atoms with Crippen molar-refractivity contribution < 1.29 is 14.3 Å². The molecule has 1 aliphatic heterocycles. The molecule has 5 nitrogen and oxygen atoms in total. The van der Waals surface area contributed by atoms with Crippen LogP contribution in [-0.2, 0) is 16.1 Å². The van der Waals surface area contributed by atoms with Gasteiger partial charge >= 0.3 is 0 Å². The van der Waals surface area contributed by atoms with Gasteiger partial charge in [-0.1, -0.05) is 43.7 Å². The lowest BCUT2D eigenvalue weighted by Crippen LogP contribution is -2.44. The molecule has 0 saturated carbocycles. The highest BCUT2D eigenvalue weighted by atomic mass is 16.5. The molecule has 0 aromatic heterocycles. The lowest BCUT2D eigenvalue weighted by molar-refractivity contribution is -0.125. The SMILES string of the molecule is CCCCC(=O)Nc1ccc2c(c1)OC(C)C(=O)N2Cc1ccccc1. The van der Waals surface area contributed by atoms with Gasteiger partial charge in [0.2, 0.25) is 5.91 Å². The standard InChI is InChI=1S/C21H24N2O3/c1-3-4-10-20(24)22-17-11-12-18-19(13-17)26-15(2)21(25)23(18)14-16-8-6-5-7-9-16/h5-9,11-13,15H,3-4,10,14H2,1-2H3,(H,22,24). The van der Waals surface area contributed by atoms with E-state index in [0.717, 1.165) is 24.1 Å². The van der Waals surface area contributed by atoms with E-state index in [1.807, 2.05) is 42.5 Å². The Morgan fingerprint density at radius 1 is 1.19 bits per heavy atom. The Labute approximate surface area is 154 Å². The van der Waals surface area contributed by atoms with Gasteiger partial charge in [-0.25, -0.2) is 0 Å². The van der Waals surface area contributed by atoms with E-state index in [2.05, 4.69) is 12.2 Å². The fourth-order valence-electron chi connectivity index (χ4n) is 2.98. The Hall–Kier alpha value is -2.82. The van der Waals surface area contributed by atoms with Gasteiger partial charge < -0.3 is 15.0 Å². The topological polar surface area (TPSA) is 58.6 Å². The van der Waals surface area contributed by atoms with E-state index in [0.29, 0.717) is 24.4 Å². The summed E-state index contributed by atoms with van der Waals surface area (Å²) in [6.07, 6.45) is 1.79. The van der Waals surface area contributed by atoms with Gasteiger partial charge in [0, 0.05) is 18.2 Å². The van der Waals surface area contributed by atoms with Crippen LogP contribution in [0.15, 0.2) is 48.5 Å². The zero-order valence-corrected chi connectivity index (χ0v) is 15.2. The van der Waals surface area contributed by atoms with Crippen molar-refractivity contribution in [3.05, 3.63) is 54.1 Å². The summed E-state index contributed by atoms with van der Waals surface area (Å²) in [4.78, 5) is 26.3. The highest BCUT2D eigenvalue weighted by Gasteiger charge is 2.31. The van der Waals surface area contributed by atoms with E-state index >= 15 is 0 Å². The predicted octanol–water partition coefficient (Wildman–Crippen LogP) is 4.13. The van der Waals surface area contributed by atoms with Gasteiger partial charge in [0.15, 0.2) is 6.10 Å². The largest absolute Gasteiger partial charge is 0.479 e.